The summed E-state index contributed by atoms with van der Waals surface area (Å²) in [6.07, 6.45) is -0.193. The number of hydrogen-bond donors (Lipinski definition) is 7. The molecule has 0 aromatic heterocycles. The van der Waals surface area contributed by atoms with Gasteiger partial charge in [-0.3, -0.25) is 19.2 Å². The molecule has 0 rings (SSSR count). The van der Waals surface area contributed by atoms with E-state index in [1.807, 2.05) is 13.8 Å². The highest BCUT2D eigenvalue weighted by Crippen LogP contribution is 2.04. The highest BCUT2D eigenvalue weighted by atomic mass is 16.4. The fourth-order valence-corrected chi connectivity index (χ4v) is 2.60. The summed E-state index contributed by atoms with van der Waals surface area (Å²) in [5, 5.41) is 24.9. The van der Waals surface area contributed by atoms with Crippen LogP contribution in [0.5, 0.6) is 0 Å². The number of hydrogen-bond acceptors (Lipinski definition) is 7. The number of nitrogens with two attached hydrogens (primary N) is 2. The molecule has 9 N–H and O–H groups in total. The van der Waals surface area contributed by atoms with E-state index < -0.39 is 60.2 Å². The second-order valence-corrected chi connectivity index (χ2v) is 7.34. The van der Waals surface area contributed by atoms with Crippen LogP contribution in [0, 0.1) is 5.92 Å². The summed E-state index contributed by atoms with van der Waals surface area (Å²) in [5.41, 5.74) is 11.3. The summed E-state index contributed by atoms with van der Waals surface area (Å²) in [6.45, 7) is 5.46. The second kappa shape index (κ2) is 13.5. The molecule has 0 aromatic carbocycles. The lowest BCUT2D eigenvalue weighted by Gasteiger charge is -2.24. The van der Waals surface area contributed by atoms with Crippen molar-refractivity contribution in [3.8, 4) is 0 Å². The van der Waals surface area contributed by atoms with Crippen LogP contribution < -0.4 is 27.4 Å². The molecule has 0 heterocycles. The third kappa shape index (κ3) is 10.2. The fraction of sp³-hybridized carbons (Fsp3) is 0.722. The predicted molar refractivity (Wildman–Crippen MR) is 107 cm³/mol. The normalized spacial score (nSPS) is 14.9. The third-order valence-corrected chi connectivity index (χ3v) is 4.18. The van der Waals surface area contributed by atoms with Gasteiger partial charge in [0.1, 0.15) is 18.1 Å². The number of aliphatic carboxylic acids is 2. The average Bonchev–Trinajstić information content (AvgIpc) is 2.63. The number of carboxylic acids is 2. The molecule has 0 spiro atoms. The Hall–Kier alpha value is -2.73. The molecule has 0 aliphatic rings. The van der Waals surface area contributed by atoms with Crippen molar-refractivity contribution in [2.45, 2.75) is 70.6 Å². The minimum atomic E-state index is -1.66. The van der Waals surface area contributed by atoms with Crippen LogP contribution in [0.3, 0.4) is 0 Å². The molecule has 12 nitrogen and oxygen atoms in total. The Bertz CT molecular complexity index is 626. The summed E-state index contributed by atoms with van der Waals surface area (Å²) >= 11 is 0. The summed E-state index contributed by atoms with van der Waals surface area (Å²) in [5.74, 6) is -4.81. The first-order valence-corrected chi connectivity index (χ1v) is 9.74. The molecule has 0 aliphatic carbocycles. The molecule has 0 aromatic rings. The summed E-state index contributed by atoms with van der Waals surface area (Å²) < 4.78 is 0. The Morgan fingerprint density at radius 2 is 1.37 bits per heavy atom. The first-order valence-electron chi connectivity index (χ1n) is 9.74. The zero-order valence-electron chi connectivity index (χ0n) is 17.5. The Morgan fingerprint density at radius 1 is 0.867 bits per heavy atom. The quantitative estimate of drug-likeness (QED) is 0.164. The van der Waals surface area contributed by atoms with Crippen molar-refractivity contribution in [2.75, 3.05) is 6.54 Å². The van der Waals surface area contributed by atoms with E-state index in [1.54, 1.807) is 6.92 Å². The lowest BCUT2D eigenvalue weighted by Crippen LogP contribution is -2.57. The molecule has 12 heteroatoms. The number of rotatable bonds is 14. The van der Waals surface area contributed by atoms with Crippen molar-refractivity contribution in [3.05, 3.63) is 0 Å². The summed E-state index contributed by atoms with van der Waals surface area (Å²) in [6, 6.07) is -4.61. The van der Waals surface area contributed by atoms with E-state index in [1.165, 1.54) is 0 Å². The van der Waals surface area contributed by atoms with E-state index in [-0.39, 0.29) is 25.3 Å². The van der Waals surface area contributed by atoms with Gasteiger partial charge < -0.3 is 37.6 Å². The van der Waals surface area contributed by atoms with Gasteiger partial charge in [-0.25, -0.2) is 4.79 Å². The van der Waals surface area contributed by atoms with Gasteiger partial charge in [0, 0.05) is 0 Å². The molecular weight excluding hydrogens is 398 g/mol. The zero-order chi connectivity index (χ0) is 23.4. The van der Waals surface area contributed by atoms with Crippen LogP contribution in [-0.2, 0) is 24.0 Å². The van der Waals surface area contributed by atoms with Crippen molar-refractivity contribution in [2.24, 2.45) is 17.4 Å². The summed E-state index contributed by atoms with van der Waals surface area (Å²) in [7, 11) is 0. The van der Waals surface area contributed by atoms with E-state index in [0.717, 1.165) is 0 Å². The van der Waals surface area contributed by atoms with Crippen LogP contribution in [0.4, 0.5) is 0 Å². The Kier molecular flexibility index (Phi) is 12.3. The molecule has 0 bridgehead atoms. The van der Waals surface area contributed by atoms with Crippen LogP contribution in [-0.4, -0.2) is 70.6 Å². The molecule has 172 valence electrons. The largest absolute Gasteiger partial charge is 0.481 e. The topological polar surface area (TPSA) is 214 Å². The highest BCUT2D eigenvalue weighted by Gasteiger charge is 2.30. The van der Waals surface area contributed by atoms with E-state index in [9.17, 15) is 24.0 Å². The maximum atomic E-state index is 12.5. The zero-order valence-corrected chi connectivity index (χ0v) is 17.5. The Balaban J connectivity index is 5.13. The van der Waals surface area contributed by atoms with Crippen LogP contribution >= 0.6 is 0 Å². The van der Waals surface area contributed by atoms with Crippen molar-refractivity contribution in [3.63, 3.8) is 0 Å². The van der Waals surface area contributed by atoms with E-state index in [4.69, 9.17) is 21.7 Å². The van der Waals surface area contributed by atoms with Crippen molar-refractivity contribution in [1.82, 2.24) is 16.0 Å². The van der Waals surface area contributed by atoms with E-state index in [0.29, 0.717) is 6.42 Å². The minimum absolute atomic E-state index is 0.00253. The lowest BCUT2D eigenvalue weighted by atomic mass is 10.0. The van der Waals surface area contributed by atoms with Gasteiger partial charge in [0.15, 0.2) is 0 Å². The first kappa shape index (κ1) is 27.3. The number of nitrogens with one attached hydrogen (secondary N) is 3. The van der Waals surface area contributed by atoms with E-state index >= 15 is 0 Å². The van der Waals surface area contributed by atoms with Gasteiger partial charge in [-0.2, -0.15) is 0 Å². The van der Waals surface area contributed by atoms with Crippen LogP contribution in [0.2, 0.25) is 0 Å². The molecule has 0 saturated carbocycles. The van der Waals surface area contributed by atoms with Crippen LogP contribution in [0.25, 0.3) is 0 Å². The molecule has 4 atom stereocenters. The molecule has 30 heavy (non-hydrogen) atoms. The number of amides is 3. The van der Waals surface area contributed by atoms with Gasteiger partial charge in [-0.05, 0) is 31.7 Å². The predicted octanol–water partition coefficient (Wildman–Crippen LogP) is -1.87. The third-order valence-electron chi connectivity index (χ3n) is 4.18. The molecule has 0 radical (unpaired) electrons. The summed E-state index contributed by atoms with van der Waals surface area (Å²) in [4.78, 5) is 59.0. The molecule has 0 unspecified atom stereocenters. The van der Waals surface area contributed by atoms with Gasteiger partial charge in [-0.1, -0.05) is 20.8 Å². The van der Waals surface area contributed by atoms with Crippen LogP contribution in [0.15, 0.2) is 0 Å². The van der Waals surface area contributed by atoms with Gasteiger partial charge >= 0.3 is 11.9 Å². The van der Waals surface area contributed by atoms with Crippen molar-refractivity contribution >= 4 is 29.7 Å². The van der Waals surface area contributed by atoms with Gasteiger partial charge in [-0.15, -0.1) is 0 Å². The number of carbonyl (C=O) groups is 5. The van der Waals surface area contributed by atoms with Crippen molar-refractivity contribution < 1.29 is 34.2 Å². The number of carbonyl (C=O) groups excluding carboxylic acids is 3. The number of carboxylic acid groups (broad SMARTS) is 2. The highest BCUT2D eigenvalue weighted by molar-refractivity contribution is 5.94. The SMILES string of the molecule is CC[C@H](NC(=O)[C@@H](N)CC(C)C)C(=O)N[C@@H](CCN)C(=O)N[C@@H](CC(=O)O)C(=O)O. The van der Waals surface area contributed by atoms with Gasteiger partial charge in [0.2, 0.25) is 17.7 Å². The molecule has 0 fully saturated rings. The van der Waals surface area contributed by atoms with Crippen molar-refractivity contribution in [1.29, 1.82) is 0 Å². The van der Waals surface area contributed by atoms with Gasteiger partial charge in [0.05, 0.1) is 12.5 Å². The van der Waals surface area contributed by atoms with Gasteiger partial charge in [0.25, 0.3) is 0 Å². The fourth-order valence-electron chi connectivity index (χ4n) is 2.60. The molecule has 0 saturated heterocycles. The monoisotopic (exact) mass is 431 g/mol. The smallest absolute Gasteiger partial charge is 0.326 e. The maximum Gasteiger partial charge on any atom is 0.326 e. The minimum Gasteiger partial charge on any atom is -0.481 e. The van der Waals surface area contributed by atoms with Crippen LogP contribution in [0.1, 0.15) is 46.5 Å². The molecular formula is C18H33N5O7. The Morgan fingerprint density at radius 3 is 1.80 bits per heavy atom. The first-order chi connectivity index (χ1) is 13.9. The lowest BCUT2D eigenvalue weighted by molar-refractivity contribution is -0.147. The maximum absolute atomic E-state index is 12.5. The molecule has 3 amide bonds. The van der Waals surface area contributed by atoms with E-state index in [2.05, 4.69) is 16.0 Å². The standard InChI is InChI=1S/C18H33N5O7/c1-4-11(21-15(26)10(20)7-9(2)3)16(27)22-12(5-6-19)17(28)23-13(18(29)30)8-14(24)25/h9-13H,4-8,19-20H2,1-3H3,(H,21,26)(H,22,27)(H,23,28)(H,24,25)(H,29,30)/t10-,11-,12-,13-/m0/s1. The Labute approximate surface area is 175 Å². The average molecular weight is 431 g/mol. The molecule has 0 aliphatic heterocycles. The second-order valence-electron chi connectivity index (χ2n) is 7.34.